The van der Waals surface area contributed by atoms with Gasteiger partial charge in [-0.25, -0.2) is 4.39 Å². The van der Waals surface area contributed by atoms with Crippen LogP contribution in [-0.4, -0.2) is 30.2 Å². The lowest BCUT2D eigenvalue weighted by Gasteiger charge is -2.13. The predicted molar refractivity (Wildman–Crippen MR) is 68.7 cm³/mol. The van der Waals surface area contributed by atoms with E-state index in [-0.39, 0.29) is 22.5 Å². The first-order valence-electron chi connectivity index (χ1n) is 5.67. The molecule has 20 heavy (non-hydrogen) atoms. The van der Waals surface area contributed by atoms with Crippen LogP contribution in [-0.2, 0) is 13.6 Å². The molecule has 0 fully saturated rings. The Labute approximate surface area is 113 Å². The van der Waals surface area contributed by atoms with Gasteiger partial charge < -0.3 is 9.05 Å². The molecule has 0 bridgehead atoms. The smallest absolute Gasteiger partial charge is 0.308 e. The average molecular weight is 296 g/mol. The van der Waals surface area contributed by atoms with E-state index in [1.807, 2.05) is 0 Å². The van der Waals surface area contributed by atoms with Gasteiger partial charge in [-0.3, -0.25) is 14.5 Å². The first-order chi connectivity index (χ1) is 9.51. The molecule has 0 saturated heterocycles. The molecular weight excluding hydrogens is 286 g/mol. The monoisotopic (exact) mass is 296 g/mol. The lowest BCUT2D eigenvalue weighted by Crippen LogP contribution is -2.11. The van der Waals surface area contributed by atoms with Crippen molar-refractivity contribution < 1.29 is 22.8 Å². The zero-order valence-electron chi connectivity index (χ0n) is 10.6. The molecule has 0 amide bonds. The number of nitrogens with zero attached hydrogens (tertiary/aromatic N) is 1. The Morgan fingerprint density at radius 1 is 1.25 bits per heavy atom. The zero-order valence-corrected chi connectivity index (χ0v) is 11.5. The Morgan fingerprint density at radius 2 is 1.95 bits per heavy atom. The Hall–Kier alpha value is -1.82. The van der Waals surface area contributed by atoms with Gasteiger partial charge in [0.15, 0.2) is 5.44 Å². The Bertz CT molecular complexity index is 763. The van der Waals surface area contributed by atoms with Crippen LogP contribution in [0.25, 0.3) is 11.1 Å². The normalized spacial score (nSPS) is 13.4. The molecule has 0 spiro atoms. The van der Waals surface area contributed by atoms with Crippen molar-refractivity contribution in [1.82, 2.24) is 10.2 Å². The largest absolute Gasteiger partial charge is 0.379 e. The third kappa shape index (κ3) is 1.61. The summed E-state index contributed by atoms with van der Waals surface area (Å²) in [6.07, 6.45) is 0. The van der Waals surface area contributed by atoms with Crippen molar-refractivity contribution in [2.24, 2.45) is 0 Å². The molecule has 0 atom stereocenters. The van der Waals surface area contributed by atoms with E-state index in [2.05, 4.69) is 10.2 Å². The number of H-pyrrole nitrogens is 1. The fourth-order valence-electron chi connectivity index (χ4n) is 2.26. The van der Waals surface area contributed by atoms with Crippen LogP contribution in [0.2, 0.25) is 0 Å². The van der Waals surface area contributed by atoms with Crippen LogP contribution < -0.4 is 5.44 Å². The molecule has 0 saturated carbocycles. The van der Waals surface area contributed by atoms with Crippen LogP contribution >= 0.6 is 7.60 Å². The van der Waals surface area contributed by atoms with Crippen LogP contribution in [0.1, 0.15) is 16.1 Å². The van der Waals surface area contributed by atoms with E-state index in [0.717, 1.165) is 0 Å². The van der Waals surface area contributed by atoms with E-state index < -0.39 is 13.4 Å². The van der Waals surface area contributed by atoms with Gasteiger partial charge in [0.2, 0.25) is 5.78 Å². The molecule has 0 radical (unpaired) electrons. The quantitative estimate of drug-likeness (QED) is 0.746. The number of carbonyl (C=O) groups is 1. The SMILES string of the molecule is COP(=O)(OC)c1[nH]nc2c1-c1cc(F)ccc1C2=O. The summed E-state index contributed by atoms with van der Waals surface area (Å²) in [7, 11) is -1.17. The van der Waals surface area contributed by atoms with Crippen molar-refractivity contribution in [3.63, 3.8) is 0 Å². The van der Waals surface area contributed by atoms with Gasteiger partial charge in [-0.15, -0.1) is 0 Å². The summed E-state index contributed by atoms with van der Waals surface area (Å²) in [6, 6.07) is 3.77. The number of ketones is 1. The number of nitrogens with one attached hydrogen (secondary N) is 1. The molecular formula is C12H10FN2O4P. The maximum Gasteiger partial charge on any atom is 0.379 e. The van der Waals surface area contributed by atoms with Gasteiger partial charge in [0.25, 0.3) is 0 Å². The second kappa shape index (κ2) is 4.34. The van der Waals surface area contributed by atoms with Gasteiger partial charge in [-0.05, 0) is 18.2 Å². The van der Waals surface area contributed by atoms with E-state index >= 15 is 0 Å². The summed E-state index contributed by atoms with van der Waals surface area (Å²) in [5.74, 6) is -0.850. The maximum atomic E-state index is 13.4. The summed E-state index contributed by atoms with van der Waals surface area (Å²) < 4.78 is 35.6. The molecule has 6 nitrogen and oxygen atoms in total. The highest BCUT2D eigenvalue weighted by Crippen LogP contribution is 2.49. The summed E-state index contributed by atoms with van der Waals surface area (Å²) in [6.45, 7) is 0. The summed E-state index contributed by atoms with van der Waals surface area (Å²) >= 11 is 0. The predicted octanol–water partition coefficient (Wildman–Crippen LogP) is 1.87. The molecule has 1 aliphatic carbocycles. The minimum absolute atomic E-state index is 0.0511. The molecule has 1 aliphatic rings. The molecule has 2 aromatic rings. The maximum absolute atomic E-state index is 13.4. The van der Waals surface area contributed by atoms with Crippen molar-refractivity contribution >= 4 is 18.8 Å². The van der Waals surface area contributed by atoms with E-state index in [1.54, 1.807) is 0 Å². The van der Waals surface area contributed by atoms with Crippen LogP contribution in [0.3, 0.4) is 0 Å². The van der Waals surface area contributed by atoms with Crippen molar-refractivity contribution in [1.29, 1.82) is 0 Å². The zero-order chi connectivity index (χ0) is 14.5. The fraction of sp³-hybridized carbons (Fsp3) is 0.167. The molecule has 1 aromatic carbocycles. The molecule has 1 aromatic heterocycles. The number of carbonyl (C=O) groups excluding carboxylic acids is 1. The number of hydrogen-bond acceptors (Lipinski definition) is 5. The van der Waals surface area contributed by atoms with Gasteiger partial charge in [-0.1, -0.05) is 0 Å². The third-order valence-corrected chi connectivity index (χ3v) is 5.05. The number of benzene rings is 1. The molecule has 3 rings (SSSR count). The van der Waals surface area contributed by atoms with Crippen molar-refractivity contribution in [2.45, 2.75) is 0 Å². The van der Waals surface area contributed by atoms with Crippen molar-refractivity contribution in [2.75, 3.05) is 14.2 Å². The number of aromatic amines is 1. The lowest BCUT2D eigenvalue weighted by atomic mass is 10.1. The van der Waals surface area contributed by atoms with Crippen LogP contribution in [0, 0.1) is 5.82 Å². The van der Waals surface area contributed by atoms with E-state index in [4.69, 9.17) is 9.05 Å². The second-order valence-electron chi connectivity index (χ2n) is 4.18. The van der Waals surface area contributed by atoms with Crippen LogP contribution in [0.4, 0.5) is 4.39 Å². The summed E-state index contributed by atoms with van der Waals surface area (Å²) in [4.78, 5) is 12.1. The summed E-state index contributed by atoms with van der Waals surface area (Å²) in [5.41, 5.74) is 1.07. The topological polar surface area (TPSA) is 81.3 Å². The number of fused-ring (bicyclic) bond motifs is 3. The number of halogens is 1. The molecule has 104 valence electrons. The highest BCUT2D eigenvalue weighted by atomic mass is 31.2. The molecule has 8 heteroatoms. The second-order valence-corrected chi connectivity index (χ2v) is 6.35. The van der Waals surface area contributed by atoms with Gasteiger partial charge in [0.1, 0.15) is 11.5 Å². The third-order valence-electron chi connectivity index (χ3n) is 3.21. The fourth-order valence-corrected chi connectivity index (χ4v) is 3.44. The summed E-state index contributed by atoms with van der Waals surface area (Å²) in [5, 5.41) is 6.36. The molecule has 0 aliphatic heterocycles. The standard InChI is InChI=1S/C12H10FN2O4P/c1-18-20(17,19-2)12-9-8-5-6(13)3-4-7(8)11(16)10(9)14-15-12/h3-5H,1-2H3,(H,14,15). The first-order valence-corrected chi connectivity index (χ1v) is 7.21. The minimum Gasteiger partial charge on any atom is -0.308 e. The van der Waals surface area contributed by atoms with Gasteiger partial charge >= 0.3 is 7.60 Å². The van der Waals surface area contributed by atoms with Gasteiger partial charge in [-0.2, -0.15) is 5.10 Å². The Morgan fingerprint density at radius 3 is 2.60 bits per heavy atom. The van der Waals surface area contributed by atoms with Gasteiger partial charge in [0.05, 0.1) is 0 Å². The Balaban J connectivity index is 2.31. The minimum atomic E-state index is -3.62. The van der Waals surface area contributed by atoms with Crippen LogP contribution in [0.15, 0.2) is 18.2 Å². The van der Waals surface area contributed by atoms with E-state index in [0.29, 0.717) is 11.1 Å². The lowest BCUT2D eigenvalue weighted by molar-refractivity contribution is 0.103. The van der Waals surface area contributed by atoms with Crippen molar-refractivity contribution in [3.05, 3.63) is 35.3 Å². The highest BCUT2D eigenvalue weighted by molar-refractivity contribution is 7.62. The number of rotatable bonds is 3. The van der Waals surface area contributed by atoms with E-state index in [1.165, 1.54) is 32.4 Å². The van der Waals surface area contributed by atoms with Crippen molar-refractivity contribution in [3.8, 4) is 11.1 Å². The number of hydrogen-bond donors (Lipinski definition) is 1. The first kappa shape index (κ1) is 13.2. The highest BCUT2D eigenvalue weighted by Gasteiger charge is 2.39. The molecule has 1 heterocycles. The number of aromatic nitrogens is 2. The molecule has 1 N–H and O–H groups in total. The molecule has 0 unspecified atom stereocenters. The van der Waals surface area contributed by atoms with Crippen LogP contribution in [0.5, 0.6) is 0 Å². The Kier molecular flexibility index (Phi) is 2.86. The van der Waals surface area contributed by atoms with E-state index in [9.17, 15) is 13.8 Å². The van der Waals surface area contributed by atoms with Gasteiger partial charge in [0, 0.05) is 30.9 Å². The average Bonchev–Trinajstić information content (AvgIpc) is 3.00.